The number of ether oxygens (including phenoxy) is 1. The molecule has 6 heteroatoms. The van der Waals surface area contributed by atoms with Crippen molar-refractivity contribution < 1.29 is 19.1 Å². The fourth-order valence-electron chi connectivity index (χ4n) is 1.70. The van der Waals surface area contributed by atoms with E-state index in [9.17, 15) is 4.79 Å². The second kappa shape index (κ2) is 6.10. The van der Waals surface area contributed by atoms with E-state index in [0.29, 0.717) is 23.7 Å². The third-order valence-electron chi connectivity index (χ3n) is 2.53. The molecule has 20 heavy (non-hydrogen) atoms. The van der Waals surface area contributed by atoms with Crippen LogP contribution in [0.1, 0.15) is 30.0 Å². The maximum atomic E-state index is 10.9. The van der Waals surface area contributed by atoms with Crippen LogP contribution in [0.2, 0.25) is 0 Å². The summed E-state index contributed by atoms with van der Waals surface area (Å²) in [5.74, 6) is -0.660. The number of furan rings is 1. The summed E-state index contributed by atoms with van der Waals surface area (Å²) in [5.41, 5.74) is 1.27. The molecule has 0 aliphatic rings. The van der Waals surface area contributed by atoms with E-state index in [1.54, 1.807) is 18.3 Å². The van der Waals surface area contributed by atoms with Gasteiger partial charge in [0.15, 0.2) is 0 Å². The molecule has 0 aliphatic heterocycles. The lowest BCUT2D eigenvalue weighted by Gasteiger charge is -2.13. The first-order valence-corrected chi connectivity index (χ1v) is 6.23. The number of rotatable bonds is 6. The molecule has 2 aromatic rings. The molecule has 0 amide bonds. The number of anilines is 1. The Bertz CT molecular complexity index is 592. The van der Waals surface area contributed by atoms with Crippen LogP contribution in [0.4, 0.5) is 5.69 Å². The molecule has 2 N–H and O–H groups in total. The smallest absolute Gasteiger partial charge is 0.372 e. The van der Waals surface area contributed by atoms with Gasteiger partial charge in [-0.15, -0.1) is 0 Å². The van der Waals surface area contributed by atoms with E-state index in [0.717, 1.165) is 0 Å². The van der Waals surface area contributed by atoms with Crippen molar-refractivity contribution in [2.45, 2.75) is 26.5 Å². The number of aromatic carboxylic acids is 1. The predicted molar refractivity (Wildman–Crippen MR) is 73.0 cm³/mol. The van der Waals surface area contributed by atoms with Gasteiger partial charge in [-0.2, -0.15) is 0 Å². The van der Waals surface area contributed by atoms with Crippen molar-refractivity contribution in [2.75, 3.05) is 5.32 Å². The van der Waals surface area contributed by atoms with E-state index < -0.39 is 5.97 Å². The van der Waals surface area contributed by atoms with Crippen LogP contribution >= 0.6 is 0 Å². The van der Waals surface area contributed by atoms with Crippen LogP contribution < -0.4 is 10.1 Å². The van der Waals surface area contributed by atoms with Crippen molar-refractivity contribution in [1.29, 1.82) is 0 Å². The van der Waals surface area contributed by atoms with Gasteiger partial charge in [0.05, 0.1) is 18.1 Å². The minimum Gasteiger partial charge on any atom is -0.475 e. The van der Waals surface area contributed by atoms with Gasteiger partial charge in [0.25, 0.3) is 0 Å². The minimum absolute atomic E-state index is 0.00829. The van der Waals surface area contributed by atoms with E-state index in [2.05, 4.69) is 10.3 Å². The van der Waals surface area contributed by atoms with Gasteiger partial charge in [0, 0.05) is 18.3 Å². The number of nitrogens with one attached hydrogen (secondary N) is 1. The molecule has 0 saturated heterocycles. The Morgan fingerprint density at radius 1 is 1.50 bits per heavy atom. The Balaban J connectivity index is 2.11. The standard InChI is InChI=1S/C14H16N2O4/c1-9(2)20-13-11(4-3-6-15-13)16-8-10-5-7-19-12(10)14(17)18/h3-7,9,16H,8H2,1-2H3,(H,17,18). The molecule has 2 heterocycles. The van der Waals surface area contributed by atoms with Crippen molar-refractivity contribution in [1.82, 2.24) is 4.98 Å². The van der Waals surface area contributed by atoms with Gasteiger partial charge in [-0.25, -0.2) is 9.78 Å². The van der Waals surface area contributed by atoms with Crippen LogP contribution in [0.15, 0.2) is 35.1 Å². The number of nitrogens with zero attached hydrogens (tertiary/aromatic N) is 1. The predicted octanol–water partition coefficient (Wildman–Crippen LogP) is 2.77. The maximum absolute atomic E-state index is 10.9. The third-order valence-corrected chi connectivity index (χ3v) is 2.53. The van der Waals surface area contributed by atoms with Gasteiger partial charge >= 0.3 is 5.97 Å². The van der Waals surface area contributed by atoms with Crippen LogP contribution in [0.3, 0.4) is 0 Å². The fraction of sp³-hybridized carbons (Fsp3) is 0.286. The van der Waals surface area contributed by atoms with Crippen molar-refractivity contribution >= 4 is 11.7 Å². The van der Waals surface area contributed by atoms with Gasteiger partial charge in [-0.3, -0.25) is 0 Å². The second-order valence-corrected chi connectivity index (χ2v) is 4.46. The topological polar surface area (TPSA) is 84.6 Å². The SMILES string of the molecule is CC(C)Oc1ncccc1NCc1ccoc1C(=O)O. The van der Waals surface area contributed by atoms with Crippen LogP contribution in [0, 0.1) is 0 Å². The molecule has 0 aliphatic carbocycles. The molecule has 0 spiro atoms. The Morgan fingerprint density at radius 3 is 3.00 bits per heavy atom. The summed E-state index contributed by atoms with van der Waals surface area (Å²) in [6, 6.07) is 5.23. The first-order valence-electron chi connectivity index (χ1n) is 6.23. The van der Waals surface area contributed by atoms with Crippen molar-refractivity contribution in [3.63, 3.8) is 0 Å². The highest BCUT2D eigenvalue weighted by molar-refractivity contribution is 5.86. The van der Waals surface area contributed by atoms with Crippen LogP contribution in [-0.4, -0.2) is 22.2 Å². The van der Waals surface area contributed by atoms with Gasteiger partial charge in [-0.05, 0) is 32.0 Å². The molecule has 0 saturated carbocycles. The highest BCUT2D eigenvalue weighted by Crippen LogP contribution is 2.23. The normalized spacial score (nSPS) is 10.6. The molecular weight excluding hydrogens is 260 g/mol. The highest BCUT2D eigenvalue weighted by Gasteiger charge is 2.14. The second-order valence-electron chi connectivity index (χ2n) is 4.46. The Kier molecular flexibility index (Phi) is 4.24. The summed E-state index contributed by atoms with van der Waals surface area (Å²) in [4.78, 5) is 15.1. The maximum Gasteiger partial charge on any atom is 0.372 e. The minimum atomic E-state index is -1.09. The zero-order valence-corrected chi connectivity index (χ0v) is 11.3. The molecule has 106 valence electrons. The average molecular weight is 276 g/mol. The molecule has 0 radical (unpaired) electrons. The average Bonchev–Trinajstić information content (AvgIpc) is 2.85. The summed E-state index contributed by atoms with van der Waals surface area (Å²) in [6.45, 7) is 4.15. The zero-order valence-electron chi connectivity index (χ0n) is 11.3. The molecule has 2 aromatic heterocycles. The van der Waals surface area contributed by atoms with Crippen molar-refractivity contribution in [3.05, 3.63) is 42.0 Å². The Morgan fingerprint density at radius 2 is 2.30 bits per heavy atom. The number of carboxylic acids is 1. The van der Waals surface area contributed by atoms with E-state index in [1.165, 1.54) is 6.26 Å². The van der Waals surface area contributed by atoms with Crippen molar-refractivity contribution in [3.8, 4) is 5.88 Å². The number of hydrogen-bond donors (Lipinski definition) is 2. The number of carbonyl (C=O) groups is 1. The summed E-state index contributed by atoms with van der Waals surface area (Å²) in [7, 11) is 0. The van der Waals surface area contributed by atoms with Crippen LogP contribution in [0.5, 0.6) is 5.88 Å². The number of hydrogen-bond acceptors (Lipinski definition) is 5. The zero-order chi connectivity index (χ0) is 14.5. The number of aromatic nitrogens is 1. The number of carboxylic acid groups (broad SMARTS) is 1. The Hall–Kier alpha value is -2.50. The summed E-state index contributed by atoms with van der Waals surface area (Å²) >= 11 is 0. The lowest BCUT2D eigenvalue weighted by molar-refractivity contribution is 0.0661. The lowest BCUT2D eigenvalue weighted by atomic mass is 10.2. The molecule has 0 fully saturated rings. The monoisotopic (exact) mass is 276 g/mol. The summed E-state index contributed by atoms with van der Waals surface area (Å²) < 4.78 is 10.5. The van der Waals surface area contributed by atoms with Crippen molar-refractivity contribution in [2.24, 2.45) is 0 Å². The number of pyridine rings is 1. The molecular formula is C14H16N2O4. The molecule has 6 nitrogen and oxygen atoms in total. The lowest BCUT2D eigenvalue weighted by Crippen LogP contribution is -2.10. The third kappa shape index (κ3) is 3.28. The van der Waals surface area contributed by atoms with E-state index in [-0.39, 0.29) is 11.9 Å². The first kappa shape index (κ1) is 13.9. The molecule has 0 bridgehead atoms. The summed E-state index contributed by atoms with van der Waals surface area (Å²) in [6.07, 6.45) is 3.01. The van der Waals surface area contributed by atoms with Gasteiger partial charge in [-0.1, -0.05) is 0 Å². The van der Waals surface area contributed by atoms with Crippen LogP contribution in [-0.2, 0) is 6.54 Å². The fourth-order valence-corrected chi connectivity index (χ4v) is 1.70. The van der Waals surface area contributed by atoms with Gasteiger partial charge < -0.3 is 19.6 Å². The molecule has 0 aromatic carbocycles. The quantitative estimate of drug-likeness (QED) is 0.844. The molecule has 0 unspecified atom stereocenters. The summed E-state index contributed by atoms with van der Waals surface area (Å²) in [5, 5.41) is 12.1. The van der Waals surface area contributed by atoms with E-state index in [1.807, 2.05) is 19.9 Å². The van der Waals surface area contributed by atoms with E-state index in [4.69, 9.17) is 14.3 Å². The van der Waals surface area contributed by atoms with Gasteiger partial charge in [0.1, 0.15) is 0 Å². The first-order chi connectivity index (χ1) is 9.58. The molecule has 2 rings (SSSR count). The highest BCUT2D eigenvalue weighted by atomic mass is 16.5. The molecule has 0 atom stereocenters. The van der Waals surface area contributed by atoms with E-state index >= 15 is 0 Å². The van der Waals surface area contributed by atoms with Gasteiger partial charge in [0.2, 0.25) is 11.6 Å². The largest absolute Gasteiger partial charge is 0.475 e. The van der Waals surface area contributed by atoms with Crippen LogP contribution in [0.25, 0.3) is 0 Å². The Labute approximate surface area is 116 Å².